The van der Waals surface area contributed by atoms with Crippen LogP contribution in [0.15, 0.2) is 30.3 Å². The second-order valence-electron chi connectivity index (χ2n) is 8.49. The van der Waals surface area contributed by atoms with E-state index in [0.29, 0.717) is 44.3 Å². The molecule has 3 N–H and O–H groups in total. The van der Waals surface area contributed by atoms with Gasteiger partial charge in [-0.05, 0) is 25.3 Å². The molecule has 3 aliphatic rings. The van der Waals surface area contributed by atoms with Gasteiger partial charge in [0.2, 0.25) is 5.91 Å². The third kappa shape index (κ3) is 4.86. The zero-order valence-electron chi connectivity index (χ0n) is 17.6. The number of hydrogen-bond acceptors (Lipinski definition) is 6. The molecule has 1 aliphatic carbocycles. The van der Waals surface area contributed by atoms with Crippen molar-refractivity contribution in [2.75, 3.05) is 39.3 Å². The monoisotopic (exact) mass is 428 g/mol. The highest BCUT2D eigenvalue weighted by molar-refractivity contribution is 6.08. The fourth-order valence-electron chi connectivity index (χ4n) is 3.88. The first-order chi connectivity index (χ1) is 14.8. The Kier molecular flexibility index (Phi) is 5.92. The SMILES string of the molecule is C[C@@]1(c2ccccc2)NC(=O)N(NC(=O)CN2CCN(CC(=O)NC3CC3)CC2)C1=O. The summed E-state index contributed by atoms with van der Waals surface area (Å²) in [5, 5.41) is 6.40. The van der Waals surface area contributed by atoms with Crippen molar-refractivity contribution < 1.29 is 19.2 Å². The normalized spacial score (nSPS) is 24.7. The van der Waals surface area contributed by atoms with Crippen molar-refractivity contribution in [2.45, 2.75) is 31.3 Å². The molecule has 1 aromatic rings. The van der Waals surface area contributed by atoms with E-state index in [4.69, 9.17) is 0 Å². The van der Waals surface area contributed by atoms with E-state index in [1.54, 1.807) is 31.2 Å². The lowest BCUT2D eigenvalue weighted by Gasteiger charge is -2.34. The second kappa shape index (κ2) is 8.64. The molecular formula is C21H28N6O4. The van der Waals surface area contributed by atoms with Crippen LogP contribution in [0.1, 0.15) is 25.3 Å². The lowest BCUT2D eigenvalue weighted by atomic mass is 9.92. The molecule has 1 saturated carbocycles. The molecule has 0 unspecified atom stereocenters. The zero-order valence-corrected chi connectivity index (χ0v) is 17.6. The predicted octanol–water partition coefficient (Wildman–Crippen LogP) is -0.619. The molecule has 166 valence electrons. The summed E-state index contributed by atoms with van der Waals surface area (Å²) in [6.45, 7) is 4.69. The van der Waals surface area contributed by atoms with Gasteiger partial charge in [-0.1, -0.05) is 30.3 Å². The third-order valence-electron chi connectivity index (χ3n) is 5.92. The Morgan fingerprint density at radius 2 is 1.58 bits per heavy atom. The van der Waals surface area contributed by atoms with Gasteiger partial charge in [0.05, 0.1) is 13.1 Å². The third-order valence-corrected chi connectivity index (χ3v) is 5.92. The number of urea groups is 1. The number of nitrogens with zero attached hydrogens (tertiary/aromatic N) is 3. The molecule has 0 radical (unpaired) electrons. The van der Waals surface area contributed by atoms with Crippen LogP contribution in [0.2, 0.25) is 0 Å². The Balaban J connectivity index is 1.25. The van der Waals surface area contributed by atoms with E-state index in [0.717, 1.165) is 17.9 Å². The molecule has 5 amide bonds. The second-order valence-corrected chi connectivity index (χ2v) is 8.49. The standard InChI is InChI=1S/C21H28N6O4/c1-21(15-5-3-2-4-6-15)19(30)27(20(31)23-21)24-18(29)14-26-11-9-25(10-12-26)13-17(28)22-16-7-8-16/h2-6,16H,7-14H2,1H3,(H,22,28)(H,23,31)(H,24,29)/t21-/m0/s1. The molecule has 2 aliphatic heterocycles. The number of piperazine rings is 1. The minimum atomic E-state index is -1.22. The van der Waals surface area contributed by atoms with Gasteiger partial charge in [0, 0.05) is 32.2 Å². The molecule has 31 heavy (non-hydrogen) atoms. The average Bonchev–Trinajstić information content (AvgIpc) is 3.53. The number of imide groups is 1. The molecule has 0 spiro atoms. The molecule has 1 aromatic carbocycles. The van der Waals surface area contributed by atoms with Crippen LogP contribution < -0.4 is 16.1 Å². The zero-order chi connectivity index (χ0) is 22.0. The number of hydrogen-bond donors (Lipinski definition) is 3. The largest absolute Gasteiger partial charge is 0.352 e. The van der Waals surface area contributed by atoms with Crippen LogP contribution in [0.4, 0.5) is 4.79 Å². The van der Waals surface area contributed by atoms with Gasteiger partial charge in [-0.2, -0.15) is 5.01 Å². The number of amides is 5. The molecule has 10 nitrogen and oxygen atoms in total. The number of nitrogens with one attached hydrogen (secondary N) is 3. The lowest BCUT2D eigenvalue weighted by molar-refractivity contribution is -0.139. The summed E-state index contributed by atoms with van der Waals surface area (Å²) in [6.07, 6.45) is 2.13. The van der Waals surface area contributed by atoms with Crippen molar-refractivity contribution in [3.63, 3.8) is 0 Å². The van der Waals surface area contributed by atoms with E-state index in [-0.39, 0.29) is 12.5 Å². The number of carbonyl (C=O) groups is 4. The lowest BCUT2D eigenvalue weighted by Crippen LogP contribution is -2.54. The molecular weight excluding hydrogens is 400 g/mol. The summed E-state index contributed by atoms with van der Waals surface area (Å²) in [5.41, 5.74) is 1.86. The highest BCUT2D eigenvalue weighted by Gasteiger charge is 2.50. The van der Waals surface area contributed by atoms with E-state index in [9.17, 15) is 19.2 Å². The molecule has 0 aromatic heterocycles. The first-order valence-corrected chi connectivity index (χ1v) is 10.6. The minimum Gasteiger partial charge on any atom is -0.352 e. The van der Waals surface area contributed by atoms with Gasteiger partial charge in [0.15, 0.2) is 0 Å². The fraction of sp³-hybridized carbons (Fsp3) is 0.524. The molecule has 10 heteroatoms. The van der Waals surface area contributed by atoms with Crippen molar-refractivity contribution in [3.05, 3.63) is 35.9 Å². The Bertz CT molecular complexity index is 866. The van der Waals surface area contributed by atoms with E-state index >= 15 is 0 Å². The average molecular weight is 428 g/mol. The van der Waals surface area contributed by atoms with E-state index in [1.807, 2.05) is 11.0 Å². The summed E-state index contributed by atoms with van der Waals surface area (Å²) >= 11 is 0. The Morgan fingerprint density at radius 1 is 1.00 bits per heavy atom. The maximum Gasteiger partial charge on any atom is 0.344 e. The van der Waals surface area contributed by atoms with Crippen LogP contribution in [0.5, 0.6) is 0 Å². The molecule has 2 saturated heterocycles. The van der Waals surface area contributed by atoms with Crippen LogP contribution in [0, 0.1) is 0 Å². The van der Waals surface area contributed by atoms with Crippen molar-refractivity contribution in [1.29, 1.82) is 0 Å². The molecule has 4 rings (SSSR count). The summed E-state index contributed by atoms with van der Waals surface area (Å²) in [5.74, 6) is -0.905. The summed E-state index contributed by atoms with van der Waals surface area (Å²) in [6, 6.07) is 8.62. The number of rotatable bonds is 7. The van der Waals surface area contributed by atoms with Crippen LogP contribution >= 0.6 is 0 Å². The summed E-state index contributed by atoms with van der Waals surface area (Å²) in [4.78, 5) is 53.6. The quantitative estimate of drug-likeness (QED) is 0.499. The first kappa shape index (κ1) is 21.3. The van der Waals surface area contributed by atoms with Gasteiger partial charge in [-0.25, -0.2) is 4.79 Å². The first-order valence-electron chi connectivity index (χ1n) is 10.6. The van der Waals surface area contributed by atoms with Crippen molar-refractivity contribution in [2.24, 2.45) is 0 Å². The maximum absolute atomic E-state index is 12.9. The smallest absolute Gasteiger partial charge is 0.344 e. The van der Waals surface area contributed by atoms with E-state index in [1.165, 1.54) is 0 Å². The van der Waals surface area contributed by atoms with Gasteiger partial charge in [-0.3, -0.25) is 29.6 Å². The van der Waals surface area contributed by atoms with Gasteiger partial charge in [0.1, 0.15) is 5.54 Å². The molecule has 1 atom stereocenters. The summed E-state index contributed by atoms with van der Waals surface area (Å²) in [7, 11) is 0. The molecule has 3 fully saturated rings. The van der Waals surface area contributed by atoms with Gasteiger partial charge >= 0.3 is 6.03 Å². The fourth-order valence-corrected chi connectivity index (χ4v) is 3.88. The Hall–Kier alpha value is -2.98. The van der Waals surface area contributed by atoms with Gasteiger partial charge < -0.3 is 10.6 Å². The Morgan fingerprint density at radius 3 is 2.16 bits per heavy atom. The van der Waals surface area contributed by atoms with E-state index in [2.05, 4.69) is 21.0 Å². The molecule has 2 heterocycles. The number of benzene rings is 1. The van der Waals surface area contributed by atoms with Crippen LogP contribution in [0.3, 0.4) is 0 Å². The highest BCUT2D eigenvalue weighted by atomic mass is 16.2. The highest BCUT2D eigenvalue weighted by Crippen LogP contribution is 2.27. The van der Waals surface area contributed by atoms with Crippen LogP contribution in [-0.2, 0) is 19.9 Å². The number of carbonyl (C=O) groups excluding carboxylic acids is 4. The predicted molar refractivity (Wildman–Crippen MR) is 111 cm³/mol. The molecule has 0 bridgehead atoms. The maximum atomic E-state index is 12.9. The minimum absolute atomic E-state index is 0.0497. The van der Waals surface area contributed by atoms with Crippen molar-refractivity contribution in [1.82, 2.24) is 30.9 Å². The summed E-state index contributed by atoms with van der Waals surface area (Å²) < 4.78 is 0. The van der Waals surface area contributed by atoms with Crippen molar-refractivity contribution in [3.8, 4) is 0 Å². The Labute approximate surface area is 180 Å². The number of hydrazine groups is 1. The van der Waals surface area contributed by atoms with Gasteiger partial charge in [0.25, 0.3) is 11.8 Å². The van der Waals surface area contributed by atoms with Gasteiger partial charge in [-0.15, -0.1) is 0 Å². The van der Waals surface area contributed by atoms with Crippen LogP contribution in [-0.4, -0.2) is 83.9 Å². The van der Waals surface area contributed by atoms with Crippen molar-refractivity contribution >= 4 is 23.8 Å². The van der Waals surface area contributed by atoms with Crippen LogP contribution in [0.25, 0.3) is 0 Å². The topological polar surface area (TPSA) is 114 Å². The van der Waals surface area contributed by atoms with E-state index < -0.39 is 23.4 Å².